The Morgan fingerprint density at radius 2 is 1.68 bits per heavy atom. The number of anilines is 2. The van der Waals surface area contributed by atoms with E-state index in [2.05, 4.69) is 91.9 Å². The maximum absolute atomic E-state index is 14.1. The van der Waals surface area contributed by atoms with E-state index in [9.17, 15) is 28.4 Å². The van der Waals surface area contributed by atoms with E-state index in [4.69, 9.17) is 9.47 Å². The number of hydrogen-bond acceptors (Lipinski definition) is 13. The van der Waals surface area contributed by atoms with Gasteiger partial charge in [-0.1, -0.05) is 50.2 Å². The SMILES string of the molecule is COc1ccc(CN2CCN(C3CC4(CCN(c5ccc(C(=O)NS(=O)(=O)c6ccc(NC[C@H]7CC[C@](C)(O)CC7)c([N+](=O)[O-])c6)c(Oc6cnc7[nH]ccc7c6)c5)CC4)C3)C(c3ccccc3C(C)C)C2C)cc1. The van der Waals surface area contributed by atoms with E-state index in [1.807, 2.05) is 31.2 Å². The van der Waals surface area contributed by atoms with E-state index < -0.39 is 37.0 Å². The van der Waals surface area contributed by atoms with Crippen LogP contribution in [0.4, 0.5) is 17.1 Å². The van der Waals surface area contributed by atoms with Crippen molar-refractivity contribution in [2.75, 3.05) is 50.1 Å². The summed E-state index contributed by atoms with van der Waals surface area (Å²) < 4.78 is 41.7. The minimum absolute atomic E-state index is 0.0297. The van der Waals surface area contributed by atoms with Crippen LogP contribution in [0, 0.1) is 21.4 Å². The molecule has 0 bridgehead atoms. The van der Waals surface area contributed by atoms with Crippen LogP contribution in [-0.2, 0) is 16.6 Å². The highest BCUT2D eigenvalue weighted by Gasteiger charge is 2.51. The van der Waals surface area contributed by atoms with Gasteiger partial charge in [0.25, 0.3) is 21.6 Å². The van der Waals surface area contributed by atoms with Gasteiger partial charge in [-0.05, 0) is 148 Å². The molecule has 1 amide bonds. The van der Waals surface area contributed by atoms with Gasteiger partial charge in [0.1, 0.15) is 28.6 Å². The van der Waals surface area contributed by atoms with Crippen molar-refractivity contribution in [2.24, 2.45) is 11.3 Å². The first-order valence-corrected chi connectivity index (χ1v) is 28.0. The number of fused-ring (bicyclic) bond motifs is 1. The number of piperazine rings is 1. The van der Waals surface area contributed by atoms with Gasteiger partial charge in [-0.15, -0.1) is 0 Å². The Balaban J connectivity index is 0.837. The third-order valence-corrected chi connectivity index (χ3v) is 18.1. The van der Waals surface area contributed by atoms with Crippen molar-refractivity contribution >= 4 is 44.0 Å². The van der Waals surface area contributed by atoms with Crippen molar-refractivity contribution in [3.8, 4) is 17.2 Å². The summed E-state index contributed by atoms with van der Waals surface area (Å²) in [5, 5.41) is 26.5. The number of sulfonamides is 1. The number of carbonyl (C=O) groups is 1. The lowest BCUT2D eigenvalue weighted by Gasteiger charge is -2.59. The zero-order chi connectivity index (χ0) is 52.6. The molecule has 2 atom stereocenters. The summed E-state index contributed by atoms with van der Waals surface area (Å²) in [7, 11) is -2.89. The van der Waals surface area contributed by atoms with Crippen molar-refractivity contribution in [3.63, 3.8) is 0 Å². The number of piperidine rings is 1. The first kappa shape index (κ1) is 51.9. The molecule has 4 aliphatic rings. The summed E-state index contributed by atoms with van der Waals surface area (Å²) in [5.41, 5.74) is 4.85. The number of aromatic amines is 1. The fraction of sp³-hybridized carbons (Fsp3) is 0.448. The number of ether oxygens (including phenoxy) is 2. The molecule has 2 aliphatic carbocycles. The van der Waals surface area contributed by atoms with E-state index in [1.165, 1.54) is 28.8 Å². The molecule has 4 fully saturated rings. The van der Waals surface area contributed by atoms with Gasteiger partial charge < -0.3 is 29.8 Å². The van der Waals surface area contributed by atoms with Crippen LogP contribution in [0.15, 0.2) is 114 Å². The van der Waals surface area contributed by atoms with Crippen LogP contribution < -0.4 is 24.4 Å². The molecular formula is C58H70N8O8S. The summed E-state index contributed by atoms with van der Waals surface area (Å²) in [4.78, 5) is 40.6. The van der Waals surface area contributed by atoms with Crippen molar-refractivity contribution < 1.29 is 32.7 Å². The van der Waals surface area contributed by atoms with E-state index in [1.54, 1.807) is 37.7 Å². The molecule has 4 heterocycles. The van der Waals surface area contributed by atoms with Crippen molar-refractivity contribution in [1.82, 2.24) is 24.5 Å². The average Bonchev–Trinajstić information content (AvgIpc) is 3.86. The molecule has 16 nitrogen and oxygen atoms in total. The molecule has 75 heavy (non-hydrogen) atoms. The van der Waals surface area contributed by atoms with Gasteiger partial charge in [-0.25, -0.2) is 18.1 Å². The average molecular weight is 1040 g/mol. The molecule has 10 rings (SSSR count). The highest BCUT2D eigenvalue weighted by Crippen LogP contribution is 2.54. The summed E-state index contributed by atoms with van der Waals surface area (Å²) >= 11 is 0. The van der Waals surface area contributed by atoms with Crippen LogP contribution in [0.1, 0.15) is 118 Å². The highest BCUT2D eigenvalue weighted by atomic mass is 32.2. The second kappa shape index (κ2) is 21.2. The third-order valence-electron chi connectivity index (χ3n) is 16.8. The van der Waals surface area contributed by atoms with Crippen LogP contribution >= 0.6 is 0 Å². The Labute approximate surface area is 440 Å². The van der Waals surface area contributed by atoms with Gasteiger partial charge in [0.05, 0.1) is 40.3 Å². The Morgan fingerprint density at radius 1 is 0.933 bits per heavy atom. The molecule has 4 N–H and O–H groups in total. The Bertz CT molecular complexity index is 3140. The number of nitro benzene ring substituents is 1. The van der Waals surface area contributed by atoms with Gasteiger partial charge in [-0.3, -0.25) is 24.7 Å². The zero-order valence-electron chi connectivity index (χ0n) is 43.6. The number of carbonyl (C=O) groups excluding carboxylic acids is 1. The van der Waals surface area contributed by atoms with Crippen LogP contribution in [-0.4, -0.2) is 102 Å². The quantitative estimate of drug-likeness (QED) is 0.0529. The van der Waals surface area contributed by atoms with E-state index >= 15 is 0 Å². The monoisotopic (exact) mass is 1040 g/mol. The number of aromatic nitrogens is 2. The molecule has 2 aromatic heterocycles. The van der Waals surface area contributed by atoms with Crippen molar-refractivity contribution in [1.29, 1.82) is 0 Å². The zero-order valence-corrected chi connectivity index (χ0v) is 44.4. The molecule has 6 aromatic rings. The second-order valence-electron chi connectivity index (χ2n) is 22.1. The largest absolute Gasteiger partial charge is 0.497 e. The Kier molecular flexibility index (Phi) is 14.7. The smallest absolute Gasteiger partial charge is 0.293 e. The lowest BCUT2D eigenvalue weighted by atomic mass is 9.59. The van der Waals surface area contributed by atoms with Crippen molar-refractivity contribution in [2.45, 2.75) is 120 Å². The van der Waals surface area contributed by atoms with Gasteiger partial charge in [0.2, 0.25) is 0 Å². The number of methoxy groups -OCH3 is 1. The van der Waals surface area contributed by atoms with Crippen LogP contribution in [0.25, 0.3) is 11.0 Å². The molecular weight excluding hydrogens is 969 g/mol. The normalized spacial score (nSPS) is 22.5. The third kappa shape index (κ3) is 11.2. The molecule has 2 saturated carbocycles. The number of H-pyrrole nitrogens is 1. The van der Waals surface area contributed by atoms with E-state index in [0.29, 0.717) is 48.8 Å². The number of pyridine rings is 1. The number of nitrogens with one attached hydrogen (secondary N) is 3. The van der Waals surface area contributed by atoms with E-state index in [0.717, 1.165) is 94.1 Å². The molecule has 396 valence electrons. The predicted molar refractivity (Wildman–Crippen MR) is 291 cm³/mol. The number of nitrogens with zero attached hydrogens (tertiary/aromatic N) is 5. The van der Waals surface area contributed by atoms with Gasteiger partial charge in [0.15, 0.2) is 0 Å². The maximum Gasteiger partial charge on any atom is 0.293 e. The van der Waals surface area contributed by atoms with Gasteiger partial charge >= 0.3 is 0 Å². The lowest BCUT2D eigenvalue weighted by Crippen LogP contribution is -2.62. The van der Waals surface area contributed by atoms with Crippen LogP contribution in [0.2, 0.25) is 0 Å². The Morgan fingerprint density at radius 3 is 2.40 bits per heavy atom. The van der Waals surface area contributed by atoms with Crippen molar-refractivity contribution in [3.05, 3.63) is 142 Å². The minimum Gasteiger partial charge on any atom is -0.497 e. The van der Waals surface area contributed by atoms with Gasteiger partial charge in [0, 0.05) is 80.8 Å². The molecule has 2 unspecified atom stereocenters. The number of hydrogen-bond donors (Lipinski definition) is 4. The fourth-order valence-corrected chi connectivity index (χ4v) is 13.3. The standard InChI is InChI=1S/C58H70N8O8S/c1-38(2)48-8-6-7-9-49(48)54-39(3)64(37-41-10-13-45(73-5)14-11-41)28-29-65(54)44-33-58(34-44)23-26-63(27-24-58)43-12-16-50(53(31-43)74-46-30-42-20-25-59-55(42)61-36-46)56(67)62-75(71,72)47-15-17-51(52(32-47)66(69)70)60-35-40-18-21-57(4,68)22-19-40/h6-17,20,25,30-32,36,38-40,44,54,60,68H,18-19,21-24,26-29,33-35,37H2,1-5H3,(H,59,61)(H,62,67)/t39?,40-,54?,57-. The lowest BCUT2D eigenvalue weighted by molar-refractivity contribution is -0.384. The summed E-state index contributed by atoms with van der Waals surface area (Å²) in [6, 6.07) is 30.9. The second-order valence-corrected chi connectivity index (χ2v) is 23.8. The number of nitro groups is 1. The number of benzene rings is 4. The summed E-state index contributed by atoms with van der Waals surface area (Å²) in [6.07, 6.45) is 10.4. The number of amides is 1. The molecule has 0 radical (unpaired) electrons. The summed E-state index contributed by atoms with van der Waals surface area (Å²) in [6.45, 7) is 13.7. The van der Waals surface area contributed by atoms with Gasteiger partial charge in [-0.2, -0.15) is 0 Å². The Hall–Kier alpha value is -6.53. The predicted octanol–water partition coefficient (Wildman–Crippen LogP) is 10.6. The van der Waals surface area contributed by atoms with Crippen LogP contribution in [0.3, 0.4) is 0 Å². The first-order chi connectivity index (χ1) is 36.0. The number of rotatable bonds is 16. The molecule has 2 aliphatic heterocycles. The summed E-state index contributed by atoms with van der Waals surface area (Å²) in [5.74, 6) is 1.02. The molecule has 17 heteroatoms. The maximum atomic E-state index is 14.1. The van der Waals surface area contributed by atoms with E-state index in [-0.39, 0.29) is 34.4 Å². The highest BCUT2D eigenvalue weighted by molar-refractivity contribution is 7.90. The first-order valence-electron chi connectivity index (χ1n) is 26.5. The minimum atomic E-state index is -4.59. The molecule has 1 spiro atoms. The fourth-order valence-electron chi connectivity index (χ4n) is 12.3. The number of aliphatic hydroxyl groups is 1. The molecule has 4 aromatic carbocycles. The topological polar surface area (TPSA) is 195 Å². The van der Waals surface area contributed by atoms with Crippen LogP contribution in [0.5, 0.6) is 17.2 Å². The molecule has 2 saturated heterocycles.